The number of imidazole rings is 1. The molecule has 0 amide bonds. The van der Waals surface area contributed by atoms with Crippen molar-refractivity contribution in [2.24, 2.45) is 17.2 Å². The lowest BCUT2D eigenvalue weighted by molar-refractivity contribution is -0.147. The Hall–Kier alpha value is -2.60. The summed E-state index contributed by atoms with van der Waals surface area (Å²) in [6.45, 7) is 3.50. The maximum atomic E-state index is 11.7. The third-order valence-corrected chi connectivity index (χ3v) is 6.58. The van der Waals surface area contributed by atoms with Gasteiger partial charge in [0.1, 0.15) is 5.76 Å². The van der Waals surface area contributed by atoms with Gasteiger partial charge in [-0.25, -0.2) is 4.98 Å². The molecule has 6 nitrogen and oxygen atoms in total. The molecule has 31 heavy (non-hydrogen) atoms. The van der Waals surface area contributed by atoms with Crippen molar-refractivity contribution in [3.8, 4) is 0 Å². The predicted octanol–water partition coefficient (Wildman–Crippen LogP) is 5.28. The molecule has 0 aliphatic heterocycles. The van der Waals surface area contributed by atoms with Gasteiger partial charge in [-0.15, -0.1) is 0 Å². The first-order valence-corrected chi connectivity index (χ1v) is 11.3. The number of hydrogen-bond donors (Lipinski definition) is 2. The highest BCUT2D eigenvalue weighted by atomic mass is 16.6. The van der Waals surface area contributed by atoms with E-state index in [9.17, 15) is 9.90 Å². The van der Waals surface area contributed by atoms with Crippen molar-refractivity contribution in [3.05, 3.63) is 65.9 Å². The fraction of sp³-hybridized carbons (Fsp3) is 0.520. The lowest BCUT2D eigenvalue weighted by atomic mass is 9.77. The van der Waals surface area contributed by atoms with E-state index in [-0.39, 0.29) is 6.04 Å². The van der Waals surface area contributed by atoms with Crippen molar-refractivity contribution in [1.29, 1.82) is 0 Å². The van der Waals surface area contributed by atoms with Crippen LogP contribution in [0.2, 0.25) is 0 Å². The summed E-state index contributed by atoms with van der Waals surface area (Å²) in [4.78, 5) is 21.5. The molecule has 1 fully saturated rings. The molecule has 1 atom stereocenters. The first kappa shape index (κ1) is 23.1. The molecule has 1 saturated carbocycles. The van der Waals surface area contributed by atoms with Crippen LogP contribution >= 0.6 is 0 Å². The quantitative estimate of drug-likeness (QED) is 0.399. The zero-order valence-electron chi connectivity index (χ0n) is 18.7. The van der Waals surface area contributed by atoms with Crippen LogP contribution in [0, 0.1) is 11.3 Å². The van der Waals surface area contributed by atoms with Crippen LogP contribution in [0.15, 0.2) is 60.4 Å². The molecule has 0 saturated heterocycles. The van der Waals surface area contributed by atoms with Gasteiger partial charge in [0.15, 0.2) is 0 Å². The maximum Gasteiger partial charge on any atom is 0.309 e. The lowest BCUT2D eigenvalue weighted by Crippen LogP contribution is -2.26. The van der Waals surface area contributed by atoms with E-state index in [1.165, 1.54) is 30.4 Å². The number of carbonyl (C=O) groups is 1. The molecule has 6 heteroatoms. The summed E-state index contributed by atoms with van der Waals surface area (Å²) in [6.07, 6.45) is 13.2. The number of allylic oxidation sites excluding steroid dienone is 2. The number of carboxylic acids is 1. The highest BCUT2D eigenvalue weighted by Gasteiger charge is 2.32. The molecule has 1 aliphatic rings. The molecule has 1 unspecified atom stereocenters. The number of nitrogens with two attached hydrogens (primary N) is 1. The molecule has 3 rings (SSSR count). The topological polar surface area (TPSA) is 90.4 Å². The average Bonchev–Trinajstić information content (AvgIpc) is 3.31. The Labute approximate surface area is 185 Å². The van der Waals surface area contributed by atoms with Crippen LogP contribution in [0.25, 0.3) is 0 Å². The van der Waals surface area contributed by atoms with E-state index < -0.39 is 11.4 Å². The van der Waals surface area contributed by atoms with E-state index in [0.29, 0.717) is 18.8 Å². The van der Waals surface area contributed by atoms with Crippen LogP contribution in [0.5, 0.6) is 0 Å². The number of benzene rings is 1. The van der Waals surface area contributed by atoms with Crippen LogP contribution in [-0.2, 0) is 16.1 Å². The van der Waals surface area contributed by atoms with E-state index >= 15 is 0 Å². The van der Waals surface area contributed by atoms with Gasteiger partial charge in [0.05, 0.1) is 17.8 Å². The zero-order valence-corrected chi connectivity index (χ0v) is 18.7. The number of rotatable bonds is 10. The summed E-state index contributed by atoms with van der Waals surface area (Å²) in [5, 5.41) is 9.57. The smallest absolute Gasteiger partial charge is 0.309 e. The van der Waals surface area contributed by atoms with Gasteiger partial charge in [0.25, 0.3) is 0 Å². The van der Waals surface area contributed by atoms with E-state index in [4.69, 9.17) is 10.7 Å². The zero-order chi connectivity index (χ0) is 22.3. The number of nitrogens with zero attached hydrogens (tertiary/aromatic N) is 2. The minimum absolute atomic E-state index is 0.0273. The first-order chi connectivity index (χ1) is 14.9. The highest BCUT2D eigenvalue weighted by molar-refractivity contribution is 5.73. The fourth-order valence-corrected chi connectivity index (χ4v) is 4.57. The number of aromatic nitrogens is 2. The normalized spacial score (nSPS) is 17.1. The number of carboxylic acid groups (broad SMARTS) is 1. The van der Waals surface area contributed by atoms with Gasteiger partial charge in [0.2, 0.25) is 0 Å². The summed E-state index contributed by atoms with van der Waals surface area (Å²) in [6, 6.07) is 10.4. The monoisotopic (exact) mass is 425 g/mol. The Morgan fingerprint density at radius 3 is 2.55 bits per heavy atom. The Morgan fingerprint density at radius 2 is 1.97 bits per heavy atom. The van der Waals surface area contributed by atoms with Crippen LogP contribution in [-0.4, -0.2) is 20.6 Å². The molecule has 1 aromatic heterocycles. The van der Waals surface area contributed by atoms with Gasteiger partial charge in [-0.1, -0.05) is 49.6 Å². The van der Waals surface area contributed by atoms with Gasteiger partial charge in [-0.2, -0.15) is 5.90 Å². The minimum atomic E-state index is -0.842. The Morgan fingerprint density at radius 1 is 1.26 bits per heavy atom. The molecule has 0 bridgehead atoms. The van der Waals surface area contributed by atoms with Crippen molar-refractivity contribution in [2.75, 3.05) is 0 Å². The van der Waals surface area contributed by atoms with Crippen molar-refractivity contribution in [2.45, 2.75) is 71.3 Å². The molecular formula is C25H35N3O3. The number of hydrogen-bond acceptors (Lipinski definition) is 4. The fourth-order valence-electron chi connectivity index (χ4n) is 4.57. The SMILES string of the molecule is CC(C)(CC/C(ON)=C(\C1CCCCC1)C(Cc1ccccc1)n1ccnc1)C(=O)O. The molecule has 0 spiro atoms. The van der Waals surface area contributed by atoms with Crippen LogP contribution in [0.3, 0.4) is 0 Å². The maximum absolute atomic E-state index is 11.7. The Balaban J connectivity index is 2.02. The Bertz CT molecular complexity index is 853. The second kappa shape index (κ2) is 10.6. The van der Waals surface area contributed by atoms with Crippen molar-refractivity contribution in [3.63, 3.8) is 0 Å². The summed E-state index contributed by atoms with van der Waals surface area (Å²) < 4.78 is 2.14. The summed E-state index contributed by atoms with van der Waals surface area (Å²) >= 11 is 0. The van der Waals surface area contributed by atoms with Gasteiger partial charge >= 0.3 is 5.97 Å². The first-order valence-electron chi connectivity index (χ1n) is 11.3. The summed E-state index contributed by atoms with van der Waals surface area (Å²) in [5.74, 6) is 6.14. The van der Waals surface area contributed by atoms with Gasteiger partial charge in [0, 0.05) is 18.8 Å². The van der Waals surface area contributed by atoms with Gasteiger partial charge in [-0.3, -0.25) is 4.79 Å². The second-order valence-electron chi connectivity index (χ2n) is 9.24. The standard InChI is InChI=1S/C25H35N3O3/c1-25(2,24(29)30)14-13-22(31-26)23(20-11-7-4-8-12-20)21(28-16-15-27-18-28)17-19-9-5-3-6-10-19/h3,5-6,9-10,15-16,18,20-21H,4,7-8,11-14,17,26H2,1-2H3,(H,29,30)/b23-22-. The molecule has 1 aliphatic carbocycles. The largest absolute Gasteiger partial charge is 0.481 e. The van der Waals surface area contributed by atoms with E-state index in [1.807, 2.05) is 18.6 Å². The summed E-state index contributed by atoms with van der Waals surface area (Å²) in [5.41, 5.74) is 1.59. The highest BCUT2D eigenvalue weighted by Crippen LogP contribution is 2.40. The van der Waals surface area contributed by atoms with Crippen molar-refractivity contribution < 1.29 is 14.7 Å². The molecule has 0 radical (unpaired) electrons. The van der Waals surface area contributed by atoms with E-state index in [2.05, 4.69) is 33.8 Å². The van der Waals surface area contributed by atoms with Gasteiger partial charge < -0.3 is 14.5 Å². The summed E-state index contributed by atoms with van der Waals surface area (Å²) in [7, 11) is 0. The predicted molar refractivity (Wildman–Crippen MR) is 121 cm³/mol. The van der Waals surface area contributed by atoms with Crippen molar-refractivity contribution in [1.82, 2.24) is 9.55 Å². The lowest BCUT2D eigenvalue weighted by Gasteiger charge is -2.33. The van der Waals surface area contributed by atoms with Crippen LogP contribution < -0.4 is 5.90 Å². The molecule has 168 valence electrons. The molecule has 1 heterocycles. The van der Waals surface area contributed by atoms with E-state index in [0.717, 1.165) is 25.0 Å². The third kappa shape index (κ3) is 5.97. The van der Waals surface area contributed by atoms with Gasteiger partial charge in [-0.05, 0) is 56.6 Å². The van der Waals surface area contributed by atoms with Crippen molar-refractivity contribution >= 4 is 5.97 Å². The molecule has 2 aromatic rings. The Kier molecular flexibility index (Phi) is 7.91. The molecule has 3 N–H and O–H groups in total. The van der Waals surface area contributed by atoms with Crippen LogP contribution in [0.1, 0.15) is 70.4 Å². The van der Waals surface area contributed by atoms with Crippen LogP contribution in [0.4, 0.5) is 0 Å². The molecule has 1 aromatic carbocycles. The molecular weight excluding hydrogens is 390 g/mol. The third-order valence-electron chi connectivity index (χ3n) is 6.58. The van der Waals surface area contributed by atoms with E-state index in [1.54, 1.807) is 20.0 Å². The second-order valence-corrected chi connectivity index (χ2v) is 9.24. The minimum Gasteiger partial charge on any atom is -0.481 e. The number of aliphatic carboxylic acids is 1. The average molecular weight is 426 g/mol.